The van der Waals surface area contributed by atoms with Crippen LogP contribution in [0, 0.1) is 11.3 Å². The van der Waals surface area contributed by atoms with Gasteiger partial charge in [-0.25, -0.2) is 9.50 Å². The average Bonchev–Trinajstić information content (AvgIpc) is 2.80. The molecule has 6 nitrogen and oxygen atoms in total. The summed E-state index contributed by atoms with van der Waals surface area (Å²) in [5, 5.41) is 12.5. The molecule has 1 atom stereocenters. The van der Waals surface area contributed by atoms with Gasteiger partial charge in [0, 0.05) is 12.3 Å². The number of halogens is 3. The van der Waals surface area contributed by atoms with E-state index in [2.05, 4.69) is 10.1 Å². The molecule has 122 valence electrons. The Morgan fingerprint density at radius 2 is 2.04 bits per heavy atom. The molecule has 1 unspecified atom stereocenters. The third-order valence-electron chi connectivity index (χ3n) is 2.70. The van der Waals surface area contributed by atoms with Crippen molar-refractivity contribution in [2.75, 3.05) is 0 Å². The minimum Gasteiger partial charge on any atom is -0.459 e. The molecule has 0 saturated carbocycles. The van der Waals surface area contributed by atoms with E-state index in [4.69, 9.17) is 10.00 Å². The number of alkyl halides is 3. The topological polar surface area (TPSA) is 80.3 Å². The van der Waals surface area contributed by atoms with Crippen molar-refractivity contribution >= 4 is 11.6 Å². The molecule has 0 fully saturated rings. The quantitative estimate of drug-likeness (QED) is 0.793. The molecule has 0 aliphatic heterocycles. The Labute approximate surface area is 129 Å². The van der Waals surface area contributed by atoms with Crippen molar-refractivity contribution in [3.05, 3.63) is 29.7 Å². The lowest BCUT2D eigenvalue weighted by molar-refractivity contribution is -0.155. The Morgan fingerprint density at radius 1 is 1.39 bits per heavy atom. The maximum Gasteiger partial charge on any atom is 0.435 e. The first kappa shape index (κ1) is 16.7. The summed E-state index contributed by atoms with van der Waals surface area (Å²) in [5.41, 5.74) is -2.01. The van der Waals surface area contributed by atoms with Crippen LogP contribution in [0.25, 0.3) is 5.65 Å². The fraction of sp³-hybridized carbons (Fsp3) is 0.429. The molecule has 0 bridgehead atoms. The minimum absolute atomic E-state index is 0.00266. The van der Waals surface area contributed by atoms with Crippen molar-refractivity contribution in [1.82, 2.24) is 14.6 Å². The standard InChI is InChI=1S/C14H13F3N4O2/c1-13(2,3)23-12(22)8(7-18)9-4-5-21-11(19-9)6-10(20-21)14(15,16)17/h4-6,8H,1-3H3. The Balaban J connectivity index is 2.39. The van der Waals surface area contributed by atoms with Gasteiger partial charge in [0.1, 0.15) is 5.60 Å². The normalized spacial score (nSPS) is 13.6. The van der Waals surface area contributed by atoms with Gasteiger partial charge in [0.2, 0.25) is 0 Å². The SMILES string of the molecule is CC(C)(C)OC(=O)C(C#N)c1ccn2nc(C(F)(F)F)cc2n1. The number of aromatic nitrogens is 3. The van der Waals surface area contributed by atoms with E-state index in [9.17, 15) is 18.0 Å². The summed E-state index contributed by atoms with van der Waals surface area (Å²) in [6, 6.07) is 3.76. The monoisotopic (exact) mass is 326 g/mol. The summed E-state index contributed by atoms with van der Waals surface area (Å²) in [6.45, 7) is 4.92. The second-order valence-corrected chi connectivity index (χ2v) is 5.78. The lowest BCUT2D eigenvalue weighted by Gasteiger charge is -2.21. The molecule has 0 aliphatic carbocycles. The van der Waals surface area contributed by atoms with E-state index < -0.39 is 29.4 Å². The molecule has 0 aromatic carbocycles. The van der Waals surface area contributed by atoms with Crippen LogP contribution in [0.15, 0.2) is 18.3 Å². The highest BCUT2D eigenvalue weighted by Crippen LogP contribution is 2.28. The lowest BCUT2D eigenvalue weighted by Crippen LogP contribution is -2.27. The molecule has 2 aromatic heterocycles. The van der Waals surface area contributed by atoms with E-state index in [0.29, 0.717) is 0 Å². The Bertz CT molecular complexity index is 784. The van der Waals surface area contributed by atoms with Gasteiger partial charge in [-0.15, -0.1) is 0 Å². The van der Waals surface area contributed by atoms with E-state index >= 15 is 0 Å². The van der Waals surface area contributed by atoms with Gasteiger partial charge >= 0.3 is 12.1 Å². The van der Waals surface area contributed by atoms with Gasteiger partial charge in [-0.3, -0.25) is 4.79 Å². The van der Waals surface area contributed by atoms with Crippen molar-refractivity contribution in [1.29, 1.82) is 5.26 Å². The second kappa shape index (κ2) is 5.53. The number of fused-ring (bicyclic) bond motifs is 1. The molecule has 0 aliphatic rings. The molecule has 2 aromatic rings. The fourth-order valence-corrected chi connectivity index (χ4v) is 1.79. The number of nitriles is 1. The third kappa shape index (κ3) is 3.77. The first-order valence-electron chi connectivity index (χ1n) is 6.57. The smallest absolute Gasteiger partial charge is 0.435 e. The number of hydrogen-bond donors (Lipinski definition) is 0. The highest BCUT2D eigenvalue weighted by molar-refractivity contribution is 5.81. The van der Waals surface area contributed by atoms with Crippen molar-refractivity contribution in [3.63, 3.8) is 0 Å². The van der Waals surface area contributed by atoms with E-state index in [0.717, 1.165) is 10.6 Å². The molecular weight excluding hydrogens is 313 g/mol. The zero-order valence-corrected chi connectivity index (χ0v) is 12.5. The first-order chi connectivity index (χ1) is 10.5. The van der Waals surface area contributed by atoms with Gasteiger partial charge < -0.3 is 4.74 Å². The maximum absolute atomic E-state index is 12.6. The van der Waals surface area contributed by atoms with E-state index in [1.807, 2.05) is 0 Å². The molecule has 0 N–H and O–H groups in total. The molecule has 0 radical (unpaired) electrons. The number of esters is 1. The van der Waals surface area contributed by atoms with Gasteiger partial charge in [-0.05, 0) is 26.8 Å². The summed E-state index contributed by atoms with van der Waals surface area (Å²) in [7, 11) is 0. The number of carbonyl (C=O) groups is 1. The van der Waals surface area contributed by atoms with Crippen LogP contribution in [-0.4, -0.2) is 26.2 Å². The average molecular weight is 326 g/mol. The Hall–Kier alpha value is -2.63. The van der Waals surface area contributed by atoms with Crippen LogP contribution in [0.2, 0.25) is 0 Å². The molecule has 23 heavy (non-hydrogen) atoms. The van der Waals surface area contributed by atoms with Crippen LogP contribution in [0.3, 0.4) is 0 Å². The van der Waals surface area contributed by atoms with Crippen molar-refractivity contribution in [3.8, 4) is 6.07 Å². The zero-order chi connectivity index (χ0) is 17.4. The maximum atomic E-state index is 12.6. The molecule has 2 rings (SSSR count). The predicted octanol–water partition coefficient (Wildman–Crippen LogP) is 2.70. The van der Waals surface area contributed by atoms with Gasteiger partial charge in [0.25, 0.3) is 0 Å². The lowest BCUT2D eigenvalue weighted by atomic mass is 10.1. The molecule has 0 saturated heterocycles. The van der Waals surface area contributed by atoms with Gasteiger partial charge in [0.15, 0.2) is 17.3 Å². The summed E-state index contributed by atoms with van der Waals surface area (Å²) in [6.07, 6.45) is -3.39. The van der Waals surface area contributed by atoms with Gasteiger partial charge in [-0.1, -0.05) is 0 Å². The second-order valence-electron chi connectivity index (χ2n) is 5.78. The van der Waals surface area contributed by atoms with Gasteiger partial charge in [-0.2, -0.15) is 23.5 Å². The molecular formula is C14H13F3N4O2. The van der Waals surface area contributed by atoms with Crippen LogP contribution in [0.4, 0.5) is 13.2 Å². The fourth-order valence-electron chi connectivity index (χ4n) is 1.79. The summed E-state index contributed by atoms with van der Waals surface area (Å²) in [4.78, 5) is 15.9. The van der Waals surface area contributed by atoms with Crippen LogP contribution in [0.1, 0.15) is 38.1 Å². The van der Waals surface area contributed by atoms with E-state index in [-0.39, 0.29) is 11.3 Å². The van der Waals surface area contributed by atoms with E-state index in [1.54, 1.807) is 26.8 Å². The highest BCUT2D eigenvalue weighted by atomic mass is 19.4. The van der Waals surface area contributed by atoms with Crippen molar-refractivity contribution < 1.29 is 22.7 Å². The van der Waals surface area contributed by atoms with Crippen LogP contribution < -0.4 is 0 Å². The molecule has 2 heterocycles. The van der Waals surface area contributed by atoms with Crippen LogP contribution in [0.5, 0.6) is 0 Å². The van der Waals surface area contributed by atoms with Crippen LogP contribution >= 0.6 is 0 Å². The van der Waals surface area contributed by atoms with Crippen LogP contribution in [-0.2, 0) is 15.7 Å². The predicted molar refractivity (Wildman–Crippen MR) is 72.2 cm³/mol. The number of nitrogens with zero attached hydrogens (tertiary/aromatic N) is 4. The molecule has 0 spiro atoms. The summed E-state index contributed by atoms with van der Waals surface area (Å²) >= 11 is 0. The zero-order valence-electron chi connectivity index (χ0n) is 12.5. The summed E-state index contributed by atoms with van der Waals surface area (Å²) < 4.78 is 43.9. The number of hydrogen-bond acceptors (Lipinski definition) is 5. The molecule has 9 heteroatoms. The minimum atomic E-state index is -4.60. The number of ether oxygens (including phenoxy) is 1. The number of rotatable bonds is 2. The third-order valence-corrected chi connectivity index (χ3v) is 2.70. The van der Waals surface area contributed by atoms with Crippen molar-refractivity contribution in [2.45, 2.75) is 38.5 Å². The Kier molecular flexibility index (Phi) is 4.03. The van der Waals surface area contributed by atoms with Crippen molar-refractivity contribution in [2.24, 2.45) is 0 Å². The largest absolute Gasteiger partial charge is 0.459 e. The van der Waals surface area contributed by atoms with Gasteiger partial charge in [0.05, 0.1) is 11.8 Å². The van der Waals surface area contributed by atoms with E-state index in [1.165, 1.54) is 12.3 Å². The Morgan fingerprint density at radius 3 is 2.57 bits per heavy atom. The highest BCUT2D eigenvalue weighted by Gasteiger charge is 2.34. The first-order valence-corrected chi connectivity index (χ1v) is 6.57. The number of carbonyl (C=O) groups excluding carboxylic acids is 1. The summed E-state index contributed by atoms with van der Waals surface area (Å²) in [5.74, 6) is -2.14. The molecule has 0 amide bonds.